The molecule has 8 nitrogen and oxygen atoms in total. The molecule has 1 aromatic heterocycles. The molecule has 0 radical (unpaired) electrons. The van der Waals surface area contributed by atoms with E-state index < -0.39 is 0 Å². The maximum absolute atomic E-state index is 13.5. The van der Waals surface area contributed by atoms with Gasteiger partial charge in [-0.15, -0.1) is 0 Å². The SMILES string of the molecule is O=C(NCCOI)c1cc(N2CCC2c2ccc(F)cc2)c2nc(N3CCOCC3)cnc2c1. The van der Waals surface area contributed by atoms with Crippen molar-refractivity contribution in [3.8, 4) is 0 Å². The van der Waals surface area contributed by atoms with Gasteiger partial charge in [0.05, 0.1) is 43.3 Å². The van der Waals surface area contributed by atoms with Crippen LogP contribution in [0.5, 0.6) is 0 Å². The second kappa shape index (κ2) is 10.4. The molecule has 1 N–H and O–H groups in total. The predicted octanol–water partition coefficient (Wildman–Crippen LogP) is 3.65. The fourth-order valence-electron chi connectivity index (χ4n) is 4.40. The summed E-state index contributed by atoms with van der Waals surface area (Å²) in [5.41, 5.74) is 3.83. The minimum absolute atomic E-state index is 0.0865. The molecule has 0 saturated carbocycles. The first-order valence-electron chi connectivity index (χ1n) is 11.3. The Kier molecular flexibility index (Phi) is 7.07. The van der Waals surface area contributed by atoms with E-state index in [-0.39, 0.29) is 17.8 Å². The zero-order chi connectivity index (χ0) is 23.5. The summed E-state index contributed by atoms with van der Waals surface area (Å²) in [4.78, 5) is 26.9. The number of ether oxygens (including phenoxy) is 1. The van der Waals surface area contributed by atoms with Crippen LogP contribution in [-0.4, -0.2) is 61.9 Å². The Labute approximate surface area is 211 Å². The first-order chi connectivity index (χ1) is 16.6. The third kappa shape index (κ3) is 4.80. The Morgan fingerprint density at radius 2 is 2.00 bits per heavy atom. The lowest BCUT2D eigenvalue weighted by Gasteiger charge is -2.43. The number of nitrogens with zero attached hydrogens (tertiary/aromatic N) is 4. The number of morpholine rings is 1. The summed E-state index contributed by atoms with van der Waals surface area (Å²) in [5.74, 6) is 0.358. The standard InChI is InChI=1S/C24H25FIN5O3/c25-18-3-1-16(2-4-18)20-5-7-31(20)21-14-17(24(32)27-6-10-34-26)13-19-23(21)29-22(15-28-19)30-8-11-33-12-9-30/h1-4,13-15,20H,5-12H2,(H,27,32). The van der Waals surface area contributed by atoms with Gasteiger partial charge in [0.25, 0.3) is 5.91 Å². The topological polar surface area (TPSA) is 79.8 Å². The number of halogens is 2. The van der Waals surface area contributed by atoms with E-state index in [1.807, 2.05) is 18.2 Å². The van der Waals surface area contributed by atoms with E-state index in [0.717, 1.165) is 48.6 Å². The van der Waals surface area contributed by atoms with E-state index in [2.05, 4.69) is 20.1 Å². The molecular formula is C24H25FIN5O3. The van der Waals surface area contributed by atoms with Crippen molar-refractivity contribution in [1.29, 1.82) is 0 Å². The summed E-state index contributed by atoms with van der Waals surface area (Å²) in [6.07, 6.45) is 2.70. The van der Waals surface area contributed by atoms with Gasteiger partial charge in [-0.1, -0.05) is 12.1 Å². The molecule has 2 saturated heterocycles. The van der Waals surface area contributed by atoms with Gasteiger partial charge in [0.1, 0.15) is 40.2 Å². The van der Waals surface area contributed by atoms with Gasteiger partial charge >= 0.3 is 0 Å². The molecule has 5 rings (SSSR count). The molecule has 2 fully saturated rings. The van der Waals surface area contributed by atoms with Crippen LogP contribution in [0.15, 0.2) is 42.6 Å². The van der Waals surface area contributed by atoms with Crippen molar-refractivity contribution in [2.45, 2.75) is 12.5 Å². The molecule has 3 aromatic rings. The average Bonchev–Trinajstić information content (AvgIpc) is 2.85. The molecule has 178 valence electrons. The van der Waals surface area contributed by atoms with Crippen LogP contribution in [0.1, 0.15) is 28.4 Å². The molecule has 2 aliphatic rings. The van der Waals surface area contributed by atoms with Gasteiger partial charge in [0, 0.05) is 31.7 Å². The zero-order valence-corrected chi connectivity index (χ0v) is 20.7. The fourth-order valence-corrected chi connectivity index (χ4v) is 4.62. The lowest BCUT2D eigenvalue weighted by Crippen LogP contribution is -2.41. The van der Waals surface area contributed by atoms with Gasteiger partial charge in [-0.2, -0.15) is 0 Å². The molecule has 10 heteroatoms. The Morgan fingerprint density at radius 3 is 2.71 bits per heavy atom. The van der Waals surface area contributed by atoms with Gasteiger partial charge in [-0.05, 0) is 36.2 Å². The third-order valence-electron chi connectivity index (χ3n) is 6.26. The monoisotopic (exact) mass is 577 g/mol. The Hall–Kier alpha value is -2.57. The second-order valence-electron chi connectivity index (χ2n) is 8.31. The van der Waals surface area contributed by atoms with E-state index in [1.54, 1.807) is 35.3 Å². The zero-order valence-electron chi connectivity index (χ0n) is 18.5. The molecular weight excluding hydrogens is 552 g/mol. The molecule has 2 aliphatic heterocycles. The third-order valence-corrected chi connectivity index (χ3v) is 6.70. The van der Waals surface area contributed by atoms with Crippen molar-refractivity contribution in [3.05, 3.63) is 59.5 Å². The highest BCUT2D eigenvalue weighted by atomic mass is 127. The predicted molar refractivity (Wildman–Crippen MR) is 136 cm³/mol. The number of aromatic nitrogens is 2. The number of benzene rings is 2. The molecule has 0 spiro atoms. The van der Waals surface area contributed by atoms with E-state index >= 15 is 0 Å². The molecule has 3 heterocycles. The van der Waals surface area contributed by atoms with Crippen LogP contribution in [-0.2, 0) is 7.80 Å². The number of nitrogens with one attached hydrogen (secondary N) is 1. The first-order valence-corrected chi connectivity index (χ1v) is 12.2. The Bertz CT molecular complexity index is 1170. The second-order valence-corrected chi connectivity index (χ2v) is 8.93. The summed E-state index contributed by atoms with van der Waals surface area (Å²) in [6, 6.07) is 10.4. The van der Waals surface area contributed by atoms with E-state index in [0.29, 0.717) is 37.4 Å². The van der Waals surface area contributed by atoms with Crippen molar-refractivity contribution in [2.75, 3.05) is 55.8 Å². The van der Waals surface area contributed by atoms with Crippen LogP contribution in [0.25, 0.3) is 11.0 Å². The van der Waals surface area contributed by atoms with Crippen LogP contribution in [0.4, 0.5) is 15.9 Å². The van der Waals surface area contributed by atoms with E-state index in [1.165, 1.54) is 12.1 Å². The number of anilines is 2. The minimum atomic E-state index is -0.254. The average molecular weight is 577 g/mol. The molecule has 0 aliphatic carbocycles. The first kappa shape index (κ1) is 23.2. The maximum atomic E-state index is 13.5. The maximum Gasteiger partial charge on any atom is 0.251 e. The normalized spacial score (nSPS) is 18.1. The number of fused-ring (bicyclic) bond motifs is 1. The van der Waals surface area contributed by atoms with Crippen LogP contribution in [0.3, 0.4) is 0 Å². The summed E-state index contributed by atoms with van der Waals surface area (Å²) in [7, 11) is 0. The van der Waals surface area contributed by atoms with E-state index in [4.69, 9.17) is 12.8 Å². The fraction of sp³-hybridized carbons (Fsp3) is 0.375. The van der Waals surface area contributed by atoms with Crippen molar-refractivity contribution in [3.63, 3.8) is 0 Å². The smallest absolute Gasteiger partial charge is 0.251 e. The highest BCUT2D eigenvalue weighted by Crippen LogP contribution is 2.41. The molecule has 1 unspecified atom stereocenters. The van der Waals surface area contributed by atoms with Gasteiger partial charge in [0.15, 0.2) is 0 Å². The number of hydrogen-bond donors (Lipinski definition) is 1. The minimum Gasteiger partial charge on any atom is -0.378 e. The number of carbonyl (C=O) groups excluding carboxylic acids is 1. The van der Waals surface area contributed by atoms with E-state index in [9.17, 15) is 9.18 Å². The highest BCUT2D eigenvalue weighted by Gasteiger charge is 2.32. The van der Waals surface area contributed by atoms with Crippen LogP contribution in [0, 0.1) is 5.82 Å². The molecule has 34 heavy (non-hydrogen) atoms. The summed E-state index contributed by atoms with van der Waals surface area (Å²) in [6.45, 7) is 4.49. The van der Waals surface area contributed by atoms with Crippen LogP contribution < -0.4 is 15.1 Å². The van der Waals surface area contributed by atoms with Crippen molar-refractivity contribution < 1.29 is 17.0 Å². The van der Waals surface area contributed by atoms with Gasteiger partial charge in [-0.3, -0.25) is 9.78 Å². The lowest BCUT2D eigenvalue weighted by atomic mass is 9.93. The van der Waals surface area contributed by atoms with Crippen molar-refractivity contribution >= 4 is 51.5 Å². The summed E-state index contributed by atoms with van der Waals surface area (Å²) < 4.78 is 24.0. The van der Waals surface area contributed by atoms with Gasteiger partial charge < -0.3 is 22.9 Å². The largest absolute Gasteiger partial charge is 0.378 e. The number of carbonyl (C=O) groups is 1. The van der Waals surface area contributed by atoms with Crippen molar-refractivity contribution in [1.82, 2.24) is 15.3 Å². The molecule has 2 aromatic carbocycles. The number of hydrogen-bond acceptors (Lipinski definition) is 7. The molecule has 0 bridgehead atoms. The van der Waals surface area contributed by atoms with Crippen LogP contribution >= 0.6 is 23.0 Å². The van der Waals surface area contributed by atoms with Gasteiger partial charge in [-0.25, -0.2) is 9.37 Å². The Morgan fingerprint density at radius 1 is 1.21 bits per heavy atom. The highest BCUT2D eigenvalue weighted by molar-refractivity contribution is 14.1. The lowest BCUT2D eigenvalue weighted by molar-refractivity contribution is 0.0949. The Balaban J connectivity index is 1.54. The summed E-state index contributed by atoms with van der Waals surface area (Å²) in [5, 5.41) is 2.88. The molecule has 1 atom stereocenters. The molecule has 1 amide bonds. The van der Waals surface area contributed by atoms with Crippen LogP contribution in [0.2, 0.25) is 0 Å². The number of amides is 1. The summed E-state index contributed by atoms with van der Waals surface area (Å²) >= 11 is 1.81. The van der Waals surface area contributed by atoms with Crippen molar-refractivity contribution in [2.24, 2.45) is 0 Å². The van der Waals surface area contributed by atoms with Gasteiger partial charge in [0.2, 0.25) is 0 Å². The quantitative estimate of drug-likeness (QED) is 0.340. The number of rotatable bonds is 7.